The fourth-order valence-electron chi connectivity index (χ4n) is 3.59. The zero-order chi connectivity index (χ0) is 20.7. The molecule has 0 amide bonds. The van der Waals surface area contributed by atoms with E-state index < -0.39 is 29.5 Å². The molecule has 2 aromatic rings. The summed E-state index contributed by atoms with van der Waals surface area (Å²) in [7, 11) is 0. The van der Waals surface area contributed by atoms with Crippen molar-refractivity contribution in [3.05, 3.63) is 45.9 Å². The Hall–Kier alpha value is -2.39. The van der Waals surface area contributed by atoms with E-state index in [4.69, 9.17) is 0 Å². The number of rotatable bonds is 2. The summed E-state index contributed by atoms with van der Waals surface area (Å²) in [5.74, 6) is -1.47. The van der Waals surface area contributed by atoms with E-state index in [-0.39, 0.29) is 42.7 Å². The standard InChI is InChI=1S/C18H17F6N3O/c1-9-26-15(10-2-5-12(6-3-10)17(19,20)21)14(16(28)27-9)11-4-7-13(25-8-11)18(22,23)24/h4,7-8,10,12H,2-3,5-6H2,1H3,(H,26,27,28). The third-order valence-electron chi connectivity index (χ3n) is 4.99. The number of nitrogens with one attached hydrogen (secondary N) is 1. The van der Waals surface area contributed by atoms with E-state index in [9.17, 15) is 31.1 Å². The minimum Gasteiger partial charge on any atom is -0.310 e. The third kappa shape index (κ3) is 4.20. The fourth-order valence-corrected chi connectivity index (χ4v) is 3.59. The van der Waals surface area contributed by atoms with E-state index in [1.807, 2.05) is 0 Å². The van der Waals surface area contributed by atoms with Crippen LogP contribution in [0.5, 0.6) is 0 Å². The maximum atomic E-state index is 12.9. The number of hydrogen-bond donors (Lipinski definition) is 1. The van der Waals surface area contributed by atoms with E-state index in [0.717, 1.165) is 18.3 Å². The number of alkyl halides is 6. The first-order chi connectivity index (χ1) is 13.0. The Balaban J connectivity index is 1.97. The van der Waals surface area contributed by atoms with E-state index in [1.165, 1.54) is 0 Å². The first-order valence-corrected chi connectivity index (χ1v) is 8.68. The Labute approximate surface area is 156 Å². The van der Waals surface area contributed by atoms with Crippen LogP contribution in [0.25, 0.3) is 11.1 Å². The molecule has 0 saturated heterocycles. The van der Waals surface area contributed by atoms with Gasteiger partial charge in [0, 0.05) is 17.7 Å². The number of aromatic amines is 1. The summed E-state index contributed by atoms with van der Waals surface area (Å²) in [5, 5.41) is 0. The van der Waals surface area contributed by atoms with Gasteiger partial charge >= 0.3 is 12.4 Å². The number of aromatic nitrogens is 3. The first-order valence-electron chi connectivity index (χ1n) is 8.68. The highest BCUT2D eigenvalue weighted by molar-refractivity contribution is 5.65. The van der Waals surface area contributed by atoms with Crippen LogP contribution in [0.4, 0.5) is 26.3 Å². The smallest absolute Gasteiger partial charge is 0.310 e. The Morgan fingerprint density at radius 1 is 1.04 bits per heavy atom. The maximum absolute atomic E-state index is 12.9. The molecule has 0 radical (unpaired) electrons. The van der Waals surface area contributed by atoms with Crippen molar-refractivity contribution in [2.24, 2.45) is 5.92 Å². The first kappa shape index (κ1) is 20.3. The molecule has 1 fully saturated rings. The van der Waals surface area contributed by atoms with Crippen LogP contribution in [0.15, 0.2) is 23.1 Å². The van der Waals surface area contributed by atoms with Crippen molar-refractivity contribution in [1.82, 2.24) is 15.0 Å². The molecule has 1 N–H and O–H groups in total. The largest absolute Gasteiger partial charge is 0.433 e. The van der Waals surface area contributed by atoms with Gasteiger partial charge in [-0.3, -0.25) is 9.78 Å². The SMILES string of the molecule is Cc1nc(C2CCC(C(F)(F)F)CC2)c(-c2ccc(C(F)(F)F)nc2)c(=O)[nH]1. The van der Waals surface area contributed by atoms with Crippen LogP contribution in [0, 0.1) is 12.8 Å². The highest BCUT2D eigenvalue weighted by Gasteiger charge is 2.42. The van der Waals surface area contributed by atoms with Crippen LogP contribution < -0.4 is 5.56 Å². The third-order valence-corrected chi connectivity index (χ3v) is 4.99. The van der Waals surface area contributed by atoms with Gasteiger partial charge in [-0.25, -0.2) is 4.98 Å². The molecular formula is C18H17F6N3O. The van der Waals surface area contributed by atoms with E-state index >= 15 is 0 Å². The molecule has 1 saturated carbocycles. The summed E-state index contributed by atoms with van der Waals surface area (Å²) in [6.07, 6.45) is -7.70. The summed E-state index contributed by atoms with van der Waals surface area (Å²) in [6, 6.07) is 1.89. The van der Waals surface area contributed by atoms with Gasteiger partial charge in [-0.15, -0.1) is 0 Å². The average Bonchev–Trinajstić information content (AvgIpc) is 2.60. The quantitative estimate of drug-likeness (QED) is 0.716. The molecule has 0 unspecified atom stereocenters. The van der Waals surface area contributed by atoms with E-state index in [0.29, 0.717) is 11.5 Å². The lowest BCUT2D eigenvalue weighted by atomic mass is 9.78. The molecule has 3 rings (SSSR count). The molecule has 2 aromatic heterocycles. The molecule has 0 atom stereocenters. The fraction of sp³-hybridized carbons (Fsp3) is 0.500. The van der Waals surface area contributed by atoms with Crippen molar-refractivity contribution in [2.45, 2.75) is 50.9 Å². The van der Waals surface area contributed by atoms with Crippen LogP contribution in [0.2, 0.25) is 0 Å². The number of H-pyrrole nitrogens is 1. The molecule has 0 aliphatic heterocycles. The number of nitrogens with zero attached hydrogens (tertiary/aromatic N) is 2. The number of pyridine rings is 1. The summed E-state index contributed by atoms with van der Waals surface area (Å²) >= 11 is 0. The molecule has 10 heteroatoms. The predicted octanol–water partition coefficient (Wildman–Crippen LogP) is 5.00. The summed E-state index contributed by atoms with van der Waals surface area (Å²) in [4.78, 5) is 22.7. The van der Waals surface area contributed by atoms with Crippen LogP contribution in [-0.2, 0) is 6.18 Å². The van der Waals surface area contributed by atoms with Gasteiger partial charge < -0.3 is 4.98 Å². The summed E-state index contributed by atoms with van der Waals surface area (Å²) in [5.41, 5.74) is -1.14. The van der Waals surface area contributed by atoms with Gasteiger partial charge in [-0.2, -0.15) is 26.3 Å². The van der Waals surface area contributed by atoms with Crippen LogP contribution in [0.1, 0.15) is 48.8 Å². The Kier molecular flexibility index (Phi) is 5.24. The zero-order valence-electron chi connectivity index (χ0n) is 14.8. The maximum Gasteiger partial charge on any atom is 0.433 e. The summed E-state index contributed by atoms with van der Waals surface area (Å²) in [6.45, 7) is 1.54. The van der Waals surface area contributed by atoms with Crippen LogP contribution in [-0.4, -0.2) is 21.1 Å². The highest BCUT2D eigenvalue weighted by atomic mass is 19.4. The van der Waals surface area contributed by atoms with Gasteiger partial charge in [0.1, 0.15) is 11.5 Å². The van der Waals surface area contributed by atoms with Crippen molar-refractivity contribution < 1.29 is 26.3 Å². The lowest BCUT2D eigenvalue weighted by molar-refractivity contribution is -0.182. The molecule has 0 spiro atoms. The molecule has 1 aliphatic carbocycles. The van der Waals surface area contributed by atoms with Crippen LogP contribution in [0.3, 0.4) is 0 Å². The van der Waals surface area contributed by atoms with Gasteiger partial charge in [0.05, 0.1) is 17.2 Å². The highest BCUT2D eigenvalue weighted by Crippen LogP contribution is 2.43. The second kappa shape index (κ2) is 7.21. The van der Waals surface area contributed by atoms with Gasteiger partial charge in [0.15, 0.2) is 0 Å². The number of hydrogen-bond acceptors (Lipinski definition) is 3. The molecule has 28 heavy (non-hydrogen) atoms. The van der Waals surface area contributed by atoms with Crippen molar-refractivity contribution in [3.8, 4) is 11.1 Å². The number of aryl methyl sites for hydroxylation is 1. The van der Waals surface area contributed by atoms with Gasteiger partial charge in [-0.1, -0.05) is 6.07 Å². The minimum atomic E-state index is -4.62. The van der Waals surface area contributed by atoms with Gasteiger partial charge in [0.25, 0.3) is 5.56 Å². The predicted molar refractivity (Wildman–Crippen MR) is 88.6 cm³/mol. The lowest BCUT2D eigenvalue weighted by Crippen LogP contribution is -2.28. The summed E-state index contributed by atoms with van der Waals surface area (Å²) < 4.78 is 76.9. The zero-order valence-corrected chi connectivity index (χ0v) is 14.8. The second-order valence-electron chi connectivity index (χ2n) is 6.93. The topological polar surface area (TPSA) is 58.6 Å². The Morgan fingerprint density at radius 3 is 2.18 bits per heavy atom. The molecule has 4 nitrogen and oxygen atoms in total. The normalized spacial score (nSPS) is 21.0. The van der Waals surface area contributed by atoms with Crippen LogP contribution >= 0.6 is 0 Å². The lowest BCUT2D eigenvalue weighted by Gasteiger charge is -2.30. The second-order valence-corrected chi connectivity index (χ2v) is 6.93. The number of halogens is 6. The van der Waals surface area contributed by atoms with Gasteiger partial charge in [-0.05, 0) is 38.7 Å². The monoisotopic (exact) mass is 405 g/mol. The Bertz CT molecular complexity index is 894. The molecule has 1 aliphatic rings. The van der Waals surface area contributed by atoms with Crippen molar-refractivity contribution in [1.29, 1.82) is 0 Å². The molecular weight excluding hydrogens is 388 g/mol. The molecule has 0 bridgehead atoms. The van der Waals surface area contributed by atoms with Crippen molar-refractivity contribution in [3.63, 3.8) is 0 Å². The van der Waals surface area contributed by atoms with Crippen molar-refractivity contribution >= 4 is 0 Å². The molecule has 152 valence electrons. The minimum absolute atomic E-state index is 0.0577. The van der Waals surface area contributed by atoms with E-state index in [1.54, 1.807) is 6.92 Å². The molecule has 0 aromatic carbocycles. The average molecular weight is 405 g/mol. The Morgan fingerprint density at radius 2 is 1.68 bits per heavy atom. The van der Waals surface area contributed by atoms with Crippen molar-refractivity contribution in [2.75, 3.05) is 0 Å². The van der Waals surface area contributed by atoms with Gasteiger partial charge in [0.2, 0.25) is 0 Å². The van der Waals surface area contributed by atoms with E-state index in [2.05, 4.69) is 15.0 Å². The molecule has 2 heterocycles.